The number of carbonyl (C=O) groups is 3. The second-order valence-electron chi connectivity index (χ2n) is 7.39. The molecule has 0 unspecified atom stereocenters. The normalized spacial score (nSPS) is 14.3. The number of nitrogens with zero attached hydrogens (tertiary/aromatic N) is 1. The number of benzene rings is 2. The van der Waals surface area contributed by atoms with E-state index in [4.69, 9.17) is 4.74 Å². The number of piperidine rings is 1. The zero-order valence-electron chi connectivity index (χ0n) is 16.9. The molecule has 6 nitrogen and oxygen atoms in total. The largest absolute Gasteiger partial charge is 0.427 e. The van der Waals surface area contributed by atoms with Crippen molar-refractivity contribution >= 4 is 17.8 Å². The predicted molar refractivity (Wildman–Crippen MR) is 110 cm³/mol. The third kappa shape index (κ3) is 6.14. The lowest BCUT2D eigenvalue weighted by Crippen LogP contribution is -2.46. The molecule has 0 aliphatic carbocycles. The van der Waals surface area contributed by atoms with Gasteiger partial charge in [-0.2, -0.15) is 0 Å². The van der Waals surface area contributed by atoms with Crippen LogP contribution in [0.25, 0.3) is 0 Å². The first-order valence-electron chi connectivity index (χ1n) is 10.0. The molecule has 0 spiro atoms. The van der Waals surface area contributed by atoms with Crippen LogP contribution < -0.4 is 10.1 Å². The van der Waals surface area contributed by atoms with Crippen molar-refractivity contribution in [3.63, 3.8) is 0 Å². The maximum absolute atomic E-state index is 13.2. The Hall–Kier alpha value is -3.22. The van der Waals surface area contributed by atoms with Gasteiger partial charge in [0.15, 0.2) is 0 Å². The third-order valence-corrected chi connectivity index (χ3v) is 5.02. The van der Waals surface area contributed by atoms with E-state index in [2.05, 4.69) is 5.32 Å². The van der Waals surface area contributed by atoms with Gasteiger partial charge in [-0.3, -0.25) is 14.4 Å². The first kappa shape index (κ1) is 21.5. The van der Waals surface area contributed by atoms with Gasteiger partial charge in [-0.15, -0.1) is 0 Å². The molecule has 0 radical (unpaired) electrons. The number of carbonyl (C=O) groups excluding carboxylic acids is 3. The molecule has 1 heterocycles. The maximum Gasteiger partial charge on any atom is 0.308 e. The number of halogens is 1. The van der Waals surface area contributed by atoms with Crippen molar-refractivity contribution in [3.8, 4) is 5.75 Å². The van der Waals surface area contributed by atoms with Crippen LogP contribution in [0.5, 0.6) is 5.75 Å². The van der Waals surface area contributed by atoms with Gasteiger partial charge in [0.2, 0.25) is 5.91 Å². The Morgan fingerprint density at radius 2 is 1.83 bits per heavy atom. The third-order valence-electron chi connectivity index (χ3n) is 5.02. The van der Waals surface area contributed by atoms with Crippen LogP contribution in [0.1, 0.15) is 42.1 Å². The molecule has 1 aliphatic rings. The molecule has 0 bridgehead atoms. The van der Waals surface area contributed by atoms with E-state index in [1.54, 1.807) is 41.3 Å². The molecule has 1 saturated heterocycles. The van der Waals surface area contributed by atoms with Gasteiger partial charge in [-0.25, -0.2) is 4.39 Å². The molecule has 0 atom stereocenters. The highest BCUT2D eigenvalue weighted by Crippen LogP contribution is 2.18. The summed E-state index contributed by atoms with van der Waals surface area (Å²) >= 11 is 0. The van der Waals surface area contributed by atoms with E-state index in [9.17, 15) is 18.8 Å². The average molecular weight is 412 g/mol. The second kappa shape index (κ2) is 10.0. The summed E-state index contributed by atoms with van der Waals surface area (Å²) in [6, 6.07) is 12.8. The van der Waals surface area contributed by atoms with Gasteiger partial charge in [0, 0.05) is 38.0 Å². The van der Waals surface area contributed by atoms with Crippen LogP contribution in [0, 0.1) is 5.82 Å². The summed E-state index contributed by atoms with van der Waals surface area (Å²) in [6.45, 7) is 2.38. The highest BCUT2D eigenvalue weighted by molar-refractivity contribution is 5.94. The lowest BCUT2D eigenvalue weighted by Gasteiger charge is -2.32. The van der Waals surface area contributed by atoms with E-state index < -0.39 is 5.97 Å². The molecule has 2 aromatic rings. The molecule has 1 N–H and O–H groups in total. The van der Waals surface area contributed by atoms with Crippen LogP contribution in [0.2, 0.25) is 0 Å². The molecule has 3 rings (SSSR count). The molecule has 0 saturated carbocycles. The Bertz CT molecular complexity index is 923. The van der Waals surface area contributed by atoms with Crippen molar-refractivity contribution < 1.29 is 23.5 Å². The monoisotopic (exact) mass is 412 g/mol. The second-order valence-corrected chi connectivity index (χ2v) is 7.39. The van der Waals surface area contributed by atoms with Gasteiger partial charge in [0.25, 0.3) is 5.91 Å². The minimum absolute atomic E-state index is 0.0152. The fourth-order valence-electron chi connectivity index (χ4n) is 3.52. The predicted octanol–water partition coefficient (Wildman–Crippen LogP) is 3.10. The zero-order valence-corrected chi connectivity index (χ0v) is 16.9. The molecular formula is C23H25FN2O4. The average Bonchev–Trinajstić information content (AvgIpc) is 2.72. The van der Waals surface area contributed by atoms with E-state index in [0.29, 0.717) is 50.1 Å². The van der Waals surface area contributed by atoms with Crippen molar-refractivity contribution in [1.29, 1.82) is 0 Å². The summed E-state index contributed by atoms with van der Waals surface area (Å²) in [5.74, 6) is -0.594. The van der Waals surface area contributed by atoms with Gasteiger partial charge < -0.3 is 15.0 Å². The number of nitrogens with one attached hydrogen (secondary N) is 1. The smallest absolute Gasteiger partial charge is 0.308 e. The summed E-state index contributed by atoms with van der Waals surface area (Å²) < 4.78 is 18.2. The van der Waals surface area contributed by atoms with Gasteiger partial charge in [-0.05, 0) is 55.2 Å². The molecule has 2 aromatic carbocycles. The Morgan fingerprint density at radius 1 is 1.10 bits per heavy atom. The van der Waals surface area contributed by atoms with Crippen molar-refractivity contribution in [2.75, 3.05) is 13.1 Å². The standard InChI is InChI=1S/C23H25FN2O4/c1-16(27)30-21-7-3-5-18(15-21)23(29)26-12-10-20(11-13-26)25-22(28)9-8-17-4-2-6-19(24)14-17/h2-7,14-15,20H,8-13H2,1H3,(H,25,28). The van der Waals surface area contributed by atoms with Crippen molar-refractivity contribution in [2.45, 2.75) is 38.6 Å². The Kier molecular flexibility index (Phi) is 7.17. The number of likely N-dealkylation sites (tertiary alicyclic amines) is 1. The van der Waals surface area contributed by atoms with Crippen LogP contribution in [0.3, 0.4) is 0 Å². The van der Waals surface area contributed by atoms with Crippen LogP contribution in [0.4, 0.5) is 4.39 Å². The van der Waals surface area contributed by atoms with E-state index in [1.165, 1.54) is 19.1 Å². The number of esters is 1. The van der Waals surface area contributed by atoms with Crippen LogP contribution in [0.15, 0.2) is 48.5 Å². The number of amides is 2. The Morgan fingerprint density at radius 3 is 2.53 bits per heavy atom. The number of rotatable bonds is 6. The highest BCUT2D eigenvalue weighted by Gasteiger charge is 2.24. The quantitative estimate of drug-likeness (QED) is 0.584. The van der Waals surface area contributed by atoms with Gasteiger partial charge in [0.1, 0.15) is 11.6 Å². The molecule has 2 amide bonds. The first-order valence-corrected chi connectivity index (χ1v) is 10.0. The topological polar surface area (TPSA) is 75.7 Å². The fourth-order valence-corrected chi connectivity index (χ4v) is 3.52. The zero-order chi connectivity index (χ0) is 21.5. The van der Waals surface area contributed by atoms with Crippen molar-refractivity contribution in [3.05, 3.63) is 65.5 Å². The lowest BCUT2D eigenvalue weighted by molar-refractivity contribution is -0.131. The molecule has 7 heteroatoms. The number of aryl methyl sites for hydroxylation is 1. The summed E-state index contributed by atoms with van der Waals surface area (Å²) in [7, 11) is 0. The van der Waals surface area contributed by atoms with E-state index in [1.807, 2.05) is 0 Å². The minimum atomic E-state index is -0.437. The molecular weight excluding hydrogens is 387 g/mol. The fraction of sp³-hybridized carbons (Fsp3) is 0.348. The molecule has 158 valence electrons. The van der Waals surface area contributed by atoms with Crippen molar-refractivity contribution in [1.82, 2.24) is 10.2 Å². The molecule has 1 fully saturated rings. The summed E-state index contributed by atoms with van der Waals surface area (Å²) in [6.07, 6.45) is 2.12. The van der Waals surface area contributed by atoms with E-state index in [0.717, 1.165) is 5.56 Å². The van der Waals surface area contributed by atoms with Gasteiger partial charge in [-0.1, -0.05) is 18.2 Å². The SMILES string of the molecule is CC(=O)Oc1cccc(C(=O)N2CCC(NC(=O)CCc3cccc(F)c3)CC2)c1. The summed E-state index contributed by atoms with van der Waals surface area (Å²) in [5, 5.41) is 3.01. The first-order chi connectivity index (χ1) is 14.4. The molecule has 1 aliphatic heterocycles. The summed E-state index contributed by atoms with van der Waals surface area (Å²) in [5.41, 5.74) is 1.26. The molecule has 30 heavy (non-hydrogen) atoms. The van der Waals surface area contributed by atoms with Crippen LogP contribution in [-0.2, 0) is 16.0 Å². The number of hydrogen-bond donors (Lipinski definition) is 1. The lowest BCUT2D eigenvalue weighted by atomic mass is 10.0. The van der Waals surface area contributed by atoms with E-state index >= 15 is 0 Å². The number of ether oxygens (including phenoxy) is 1. The van der Waals surface area contributed by atoms with Gasteiger partial charge in [0.05, 0.1) is 0 Å². The minimum Gasteiger partial charge on any atom is -0.427 e. The van der Waals surface area contributed by atoms with Gasteiger partial charge >= 0.3 is 5.97 Å². The maximum atomic E-state index is 13.2. The Labute approximate surface area is 175 Å². The molecule has 0 aromatic heterocycles. The summed E-state index contributed by atoms with van der Waals surface area (Å²) in [4.78, 5) is 37.8. The highest BCUT2D eigenvalue weighted by atomic mass is 19.1. The van der Waals surface area contributed by atoms with E-state index in [-0.39, 0.29) is 23.7 Å². The van der Waals surface area contributed by atoms with Crippen LogP contribution >= 0.6 is 0 Å². The number of hydrogen-bond acceptors (Lipinski definition) is 4. The van der Waals surface area contributed by atoms with Crippen molar-refractivity contribution in [2.24, 2.45) is 0 Å². The Balaban J connectivity index is 1.45. The van der Waals surface area contributed by atoms with Crippen LogP contribution in [-0.4, -0.2) is 41.8 Å².